The largest absolute Gasteiger partial charge is 0.486 e. The second kappa shape index (κ2) is 3.61. The number of rotatable bonds is 3. The molecule has 3 heteroatoms. The van der Waals surface area contributed by atoms with Crippen molar-refractivity contribution in [3.05, 3.63) is 24.3 Å². The van der Waals surface area contributed by atoms with Gasteiger partial charge in [-0.2, -0.15) is 0 Å². The molecule has 2 N–H and O–H groups in total. The number of ether oxygens (including phenoxy) is 1. The molecule has 0 aliphatic carbocycles. The molecule has 3 nitrogen and oxygen atoms in total. The number of benzene rings is 1. The number of aldehydes is 1. The fraction of sp³-hybridized carbons (Fsp3) is 0.125. The summed E-state index contributed by atoms with van der Waals surface area (Å²) in [5.41, 5.74) is 6.09. The Hall–Kier alpha value is -1.51. The Bertz CT molecular complexity index is 248. The minimum atomic E-state index is 0.0729. The third-order valence-electron chi connectivity index (χ3n) is 1.18. The summed E-state index contributed by atoms with van der Waals surface area (Å²) in [7, 11) is 0. The third kappa shape index (κ3) is 2.29. The van der Waals surface area contributed by atoms with E-state index in [2.05, 4.69) is 0 Å². The number of hydrogen-bond acceptors (Lipinski definition) is 3. The Kier molecular flexibility index (Phi) is 2.49. The van der Waals surface area contributed by atoms with Crippen molar-refractivity contribution in [1.29, 1.82) is 0 Å². The maximum Gasteiger partial charge on any atom is 0.157 e. The lowest BCUT2D eigenvalue weighted by molar-refractivity contribution is -0.109. The molecular weight excluding hydrogens is 142 g/mol. The number of carbonyl (C=O) groups excluding carboxylic acids is 1. The molecule has 0 saturated carbocycles. The van der Waals surface area contributed by atoms with Crippen molar-refractivity contribution in [1.82, 2.24) is 0 Å². The summed E-state index contributed by atoms with van der Waals surface area (Å²) in [6.45, 7) is 0.0729. The first-order valence-electron chi connectivity index (χ1n) is 3.25. The Labute approximate surface area is 64.8 Å². The van der Waals surface area contributed by atoms with Gasteiger partial charge in [0.25, 0.3) is 0 Å². The second-order valence-electron chi connectivity index (χ2n) is 2.05. The fourth-order valence-electron chi connectivity index (χ4n) is 0.735. The van der Waals surface area contributed by atoms with Crippen LogP contribution in [0.3, 0.4) is 0 Å². The topological polar surface area (TPSA) is 52.3 Å². The summed E-state index contributed by atoms with van der Waals surface area (Å²) in [4.78, 5) is 9.91. The molecule has 1 aromatic carbocycles. The highest BCUT2D eigenvalue weighted by Gasteiger charge is 1.91. The summed E-state index contributed by atoms with van der Waals surface area (Å²) in [6, 6.07) is 6.95. The zero-order valence-corrected chi connectivity index (χ0v) is 5.99. The summed E-state index contributed by atoms with van der Waals surface area (Å²) < 4.78 is 4.99. The maximum atomic E-state index is 9.91. The van der Waals surface area contributed by atoms with Crippen LogP contribution in [0, 0.1) is 0 Å². The quantitative estimate of drug-likeness (QED) is 0.514. The molecular formula is C8H9NO2. The molecule has 0 fully saturated rings. The molecule has 0 unspecified atom stereocenters. The van der Waals surface area contributed by atoms with Gasteiger partial charge in [0, 0.05) is 11.8 Å². The summed E-state index contributed by atoms with van der Waals surface area (Å²) in [5.74, 6) is 0.622. The van der Waals surface area contributed by atoms with Crippen molar-refractivity contribution < 1.29 is 9.53 Å². The molecule has 1 rings (SSSR count). The Balaban J connectivity index is 2.63. The Morgan fingerprint density at radius 3 is 3.00 bits per heavy atom. The van der Waals surface area contributed by atoms with Crippen molar-refractivity contribution in [3.8, 4) is 5.75 Å². The van der Waals surface area contributed by atoms with Gasteiger partial charge in [0.05, 0.1) is 0 Å². The zero-order valence-electron chi connectivity index (χ0n) is 5.99. The first-order valence-corrected chi connectivity index (χ1v) is 3.25. The average Bonchev–Trinajstić information content (AvgIpc) is 2.01. The van der Waals surface area contributed by atoms with Crippen LogP contribution in [-0.4, -0.2) is 12.9 Å². The van der Waals surface area contributed by atoms with Gasteiger partial charge in [0.15, 0.2) is 6.29 Å². The zero-order chi connectivity index (χ0) is 8.10. The van der Waals surface area contributed by atoms with E-state index in [9.17, 15) is 4.79 Å². The van der Waals surface area contributed by atoms with Gasteiger partial charge >= 0.3 is 0 Å². The highest BCUT2D eigenvalue weighted by molar-refractivity contribution is 5.52. The number of nitrogen functional groups attached to an aromatic ring is 1. The van der Waals surface area contributed by atoms with Crippen molar-refractivity contribution in [2.75, 3.05) is 12.3 Å². The van der Waals surface area contributed by atoms with Gasteiger partial charge in [-0.05, 0) is 12.1 Å². The molecule has 11 heavy (non-hydrogen) atoms. The second-order valence-corrected chi connectivity index (χ2v) is 2.05. The van der Waals surface area contributed by atoms with Crippen LogP contribution in [0.25, 0.3) is 0 Å². The van der Waals surface area contributed by atoms with E-state index < -0.39 is 0 Å². The lowest BCUT2D eigenvalue weighted by Crippen LogP contribution is -1.97. The molecule has 0 bridgehead atoms. The molecule has 0 amide bonds. The molecule has 0 spiro atoms. The van der Waals surface area contributed by atoms with Crippen LogP contribution in [0.2, 0.25) is 0 Å². The first kappa shape index (κ1) is 7.60. The smallest absolute Gasteiger partial charge is 0.157 e. The first-order chi connectivity index (χ1) is 5.33. The summed E-state index contributed by atoms with van der Waals surface area (Å²) in [6.07, 6.45) is 0.698. The van der Waals surface area contributed by atoms with Gasteiger partial charge in [0.2, 0.25) is 0 Å². The van der Waals surface area contributed by atoms with Crippen molar-refractivity contribution in [2.24, 2.45) is 0 Å². The highest BCUT2D eigenvalue weighted by atomic mass is 16.5. The summed E-state index contributed by atoms with van der Waals surface area (Å²) >= 11 is 0. The van der Waals surface area contributed by atoms with Crippen LogP contribution in [-0.2, 0) is 4.79 Å². The number of carbonyl (C=O) groups is 1. The van der Waals surface area contributed by atoms with E-state index in [1.165, 1.54) is 0 Å². The van der Waals surface area contributed by atoms with Gasteiger partial charge in [0.1, 0.15) is 12.4 Å². The van der Waals surface area contributed by atoms with Crippen molar-refractivity contribution >= 4 is 12.0 Å². The van der Waals surface area contributed by atoms with E-state index in [0.717, 1.165) is 0 Å². The molecule has 0 aromatic heterocycles. The molecule has 0 radical (unpaired) electrons. The lowest BCUT2D eigenvalue weighted by Gasteiger charge is -2.01. The SMILES string of the molecule is Nc1cccc(OCC=O)c1. The van der Waals surface area contributed by atoms with E-state index in [4.69, 9.17) is 10.5 Å². The number of nitrogens with two attached hydrogens (primary N) is 1. The van der Waals surface area contributed by atoms with Crippen molar-refractivity contribution in [3.63, 3.8) is 0 Å². The molecule has 0 aliphatic heterocycles. The van der Waals surface area contributed by atoms with Crippen molar-refractivity contribution in [2.45, 2.75) is 0 Å². The van der Waals surface area contributed by atoms with Crippen LogP contribution < -0.4 is 10.5 Å². The lowest BCUT2D eigenvalue weighted by atomic mass is 10.3. The minimum absolute atomic E-state index is 0.0729. The van der Waals surface area contributed by atoms with Crippen LogP contribution in [0.15, 0.2) is 24.3 Å². The van der Waals surface area contributed by atoms with Gasteiger partial charge in [-0.1, -0.05) is 6.07 Å². The molecule has 0 atom stereocenters. The van der Waals surface area contributed by atoms with E-state index >= 15 is 0 Å². The minimum Gasteiger partial charge on any atom is -0.486 e. The van der Waals surface area contributed by atoms with Crippen LogP contribution in [0.5, 0.6) is 5.75 Å². The van der Waals surface area contributed by atoms with E-state index in [1.807, 2.05) is 0 Å². The third-order valence-corrected chi connectivity index (χ3v) is 1.18. The normalized spacial score (nSPS) is 9.09. The van der Waals surface area contributed by atoms with E-state index in [1.54, 1.807) is 24.3 Å². The van der Waals surface area contributed by atoms with Crippen LogP contribution >= 0.6 is 0 Å². The number of anilines is 1. The predicted octanol–water partition coefficient (Wildman–Crippen LogP) is 0.847. The van der Waals surface area contributed by atoms with Crippen LogP contribution in [0.1, 0.15) is 0 Å². The van der Waals surface area contributed by atoms with Gasteiger partial charge in [-0.3, -0.25) is 4.79 Å². The highest BCUT2D eigenvalue weighted by Crippen LogP contribution is 2.13. The molecule has 1 aromatic rings. The van der Waals surface area contributed by atoms with Gasteiger partial charge in [-0.25, -0.2) is 0 Å². The molecule has 58 valence electrons. The van der Waals surface area contributed by atoms with E-state index in [0.29, 0.717) is 17.7 Å². The monoisotopic (exact) mass is 151 g/mol. The molecule has 0 saturated heterocycles. The van der Waals surface area contributed by atoms with Gasteiger partial charge < -0.3 is 10.5 Å². The average molecular weight is 151 g/mol. The van der Waals surface area contributed by atoms with Gasteiger partial charge in [-0.15, -0.1) is 0 Å². The Morgan fingerprint density at radius 1 is 1.55 bits per heavy atom. The summed E-state index contributed by atoms with van der Waals surface area (Å²) in [5, 5.41) is 0. The fourth-order valence-corrected chi connectivity index (χ4v) is 0.735. The number of hydrogen-bond donors (Lipinski definition) is 1. The predicted molar refractivity (Wildman–Crippen MR) is 42.4 cm³/mol. The Morgan fingerprint density at radius 2 is 2.36 bits per heavy atom. The van der Waals surface area contributed by atoms with Crippen LogP contribution in [0.4, 0.5) is 5.69 Å². The van der Waals surface area contributed by atoms with E-state index in [-0.39, 0.29) is 6.61 Å². The standard InChI is InChI=1S/C8H9NO2/c9-7-2-1-3-8(6-7)11-5-4-10/h1-4,6H,5,9H2. The molecule has 0 heterocycles. The molecule has 0 aliphatic rings. The maximum absolute atomic E-state index is 9.91.